The Kier molecular flexibility index (Phi) is 6.30. The Morgan fingerprint density at radius 3 is 2.13 bits per heavy atom. The first-order valence-corrected chi connectivity index (χ1v) is 8.31. The molecule has 2 rings (SSSR count). The molecule has 0 unspecified atom stereocenters. The normalized spacial score (nSPS) is 18.0. The first-order valence-electron chi connectivity index (χ1n) is 8.31. The van der Waals surface area contributed by atoms with Gasteiger partial charge in [0.15, 0.2) is 0 Å². The number of hydrogen-bond acceptors (Lipinski definition) is 3. The molecular formula is C17H26F3N3. The highest BCUT2D eigenvalue weighted by Gasteiger charge is 2.35. The van der Waals surface area contributed by atoms with Crippen LogP contribution in [-0.4, -0.2) is 50.3 Å². The predicted octanol–water partition coefficient (Wildman–Crippen LogP) is 3.43. The minimum absolute atomic E-state index is 0.595. The van der Waals surface area contributed by atoms with Crippen molar-refractivity contribution in [1.82, 2.24) is 10.2 Å². The zero-order valence-electron chi connectivity index (χ0n) is 13.9. The molecule has 1 N–H and O–H groups in total. The average Bonchev–Trinajstić information content (AvgIpc) is 2.55. The van der Waals surface area contributed by atoms with Crippen molar-refractivity contribution in [3.63, 3.8) is 0 Å². The van der Waals surface area contributed by atoms with Gasteiger partial charge in [-0.1, -0.05) is 12.1 Å². The third-order valence-corrected chi connectivity index (χ3v) is 4.42. The van der Waals surface area contributed by atoms with Crippen molar-refractivity contribution in [3.05, 3.63) is 29.8 Å². The summed E-state index contributed by atoms with van der Waals surface area (Å²) >= 11 is 0. The Labute approximate surface area is 136 Å². The van der Waals surface area contributed by atoms with E-state index >= 15 is 0 Å². The first kappa shape index (κ1) is 18.1. The lowest BCUT2D eigenvalue weighted by Gasteiger charge is -2.36. The number of anilines is 1. The Hall–Kier alpha value is -1.27. The third-order valence-electron chi connectivity index (χ3n) is 4.42. The molecule has 1 aromatic carbocycles. The lowest BCUT2D eigenvalue weighted by atomic mass is 10.00. The molecule has 1 saturated heterocycles. The van der Waals surface area contributed by atoms with E-state index < -0.39 is 18.6 Å². The van der Waals surface area contributed by atoms with Crippen LogP contribution in [0.4, 0.5) is 18.9 Å². The van der Waals surface area contributed by atoms with Gasteiger partial charge in [0.1, 0.15) is 0 Å². The fraction of sp³-hybridized carbons (Fsp3) is 0.647. The van der Waals surface area contributed by atoms with E-state index in [2.05, 4.69) is 24.1 Å². The van der Waals surface area contributed by atoms with Crippen LogP contribution < -0.4 is 10.2 Å². The Bertz CT molecular complexity index is 463. The summed E-state index contributed by atoms with van der Waals surface area (Å²) in [6, 6.07) is 6.99. The minimum atomic E-state index is -4.16. The van der Waals surface area contributed by atoms with Crippen molar-refractivity contribution >= 4 is 5.69 Å². The lowest BCUT2D eigenvalue weighted by Crippen LogP contribution is -2.46. The van der Waals surface area contributed by atoms with Gasteiger partial charge in [-0.15, -0.1) is 0 Å². The summed E-state index contributed by atoms with van der Waals surface area (Å²) in [6.07, 6.45) is -4.95. The van der Waals surface area contributed by atoms with Gasteiger partial charge in [0, 0.05) is 51.0 Å². The number of alkyl halides is 3. The van der Waals surface area contributed by atoms with Crippen molar-refractivity contribution in [2.75, 3.05) is 44.2 Å². The van der Waals surface area contributed by atoms with E-state index in [0.717, 1.165) is 37.4 Å². The summed E-state index contributed by atoms with van der Waals surface area (Å²) in [5.41, 5.74) is 1.81. The molecule has 0 amide bonds. The van der Waals surface area contributed by atoms with Crippen LogP contribution in [0.15, 0.2) is 24.3 Å². The van der Waals surface area contributed by atoms with Crippen molar-refractivity contribution in [2.24, 2.45) is 0 Å². The van der Waals surface area contributed by atoms with Gasteiger partial charge in [-0.2, -0.15) is 13.2 Å². The number of halogens is 3. The highest BCUT2D eigenvalue weighted by molar-refractivity contribution is 5.47. The summed E-state index contributed by atoms with van der Waals surface area (Å²) in [4.78, 5) is 4.13. The number of nitrogens with zero attached hydrogens (tertiary/aromatic N) is 2. The van der Waals surface area contributed by atoms with E-state index in [1.807, 2.05) is 29.2 Å². The molecule has 0 aromatic heterocycles. The molecule has 1 fully saturated rings. The van der Waals surface area contributed by atoms with Gasteiger partial charge in [0.2, 0.25) is 0 Å². The molecule has 0 radical (unpaired) electrons. The van der Waals surface area contributed by atoms with E-state index in [0.29, 0.717) is 13.1 Å². The van der Waals surface area contributed by atoms with Crippen LogP contribution in [0.25, 0.3) is 0 Å². The van der Waals surface area contributed by atoms with Gasteiger partial charge in [-0.3, -0.25) is 4.90 Å². The molecule has 0 spiro atoms. The van der Waals surface area contributed by atoms with E-state index in [1.165, 1.54) is 0 Å². The first-order chi connectivity index (χ1) is 10.9. The second-order valence-electron chi connectivity index (χ2n) is 5.88. The maximum absolute atomic E-state index is 13.0. The number of nitrogens with one attached hydrogen (secondary N) is 1. The molecule has 1 aromatic rings. The molecule has 1 atom stereocenters. The maximum Gasteiger partial charge on any atom is 0.390 e. The van der Waals surface area contributed by atoms with Gasteiger partial charge in [0.25, 0.3) is 0 Å². The maximum atomic E-state index is 13.0. The number of benzene rings is 1. The van der Waals surface area contributed by atoms with Crippen LogP contribution in [0.2, 0.25) is 0 Å². The summed E-state index contributed by atoms with van der Waals surface area (Å²) in [5, 5.41) is 3.19. The molecule has 130 valence electrons. The highest BCUT2D eigenvalue weighted by atomic mass is 19.4. The molecule has 1 aliphatic heterocycles. The molecule has 3 nitrogen and oxygen atoms in total. The quantitative estimate of drug-likeness (QED) is 0.863. The fourth-order valence-electron chi connectivity index (χ4n) is 3.17. The topological polar surface area (TPSA) is 18.5 Å². The molecule has 1 heterocycles. The van der Waals surface area contributed by atoms with Crippen molar-refractivity contribution in [1.29, 1.82) is 0 Å². The van der Waals surface area contributed by atoms with Crippen LogP contribution >= 0.6 is 0 Å². The van der Waals surface area contributed by atoms with Crippen molar-refractivity contribution < 1.29 is 13.2 Å². The summed E-state index contributed by atoms with van der Waals surface area (Å²) in [5.74, 6) is 0. The number of rotatable bonds is 6. The summed E-state index contributed by atoms with van der Waals surface area (Å²) in [6.45, 7) is 8.71. The smallest absolute Gasteiger partial charge is 0.372 e. The molecule has 1 aliphatic rings. The molecule has 6 heteroatoms. The van der Waals surface area contributed by atoms with Crippen LogP contribution in [0.1, 0.15) is 31.9 Å². The Morgan fingerprint density at radius 1 is 1.09 bits per heavy atom. The van der Waals surface area contributed by atoms with Crippen LogP contribution in [0.5, 0.6) is 0 Å². The van der Waals surface area contributed by atoms with Crippen molar-refractivity contribution in [3.8, 4) is 0 Å². The molecule has 0 bridgehead atoms. The summed E-state index contributed by atoms with van der Waals surface area (Å²) in [7, 11) is 0. The van der Waals surface area contributed by atoms with E-state index in [9.17, 15) is 13.2 Å². The van der Waals surface area contributed by atoms with Gasteiger partial charge in [0.05, 0.1) is 6.42 Å². The Morgan fingerprint density at radius 2 is 1.65 bits per heavy atom. The Balaban J connectivity index is 2.20. The zero-order chi connectivity index (χ0) is 16.9. The van der Waals surface area contributed by atoms with Gasteiger partial charge < -0.3 is 10.2 Å². The van der Waals surface area contributed by atoms with Gasteiger partial charge in [-0.25, -0.2) is 0 Å². The average molecular weight is 329 g/mol. The lowest BCUT2D eigenvalue weighted by molar-refractivity contribution is -0.148. The fourth-order valence-corrected chi connectivity index (χ4v) is 3.17. The summed E-state index contributed by atoms with van der Waals surface area (Å²) < 4.78 is 39.0. The number of hydrogen-bond donors (Lipinski definition) is 1. The van der Waals surface area contributed by atoms with E-state index in [-0.39, 0.29) is 0 Å². The van der Waals surface area contributed by atoms with Crippen LogP contribution in [-0.2, 0) is 0 Å². The van der Waals surface area contributed by atoms with Crippen LogP contribution in [0.3, 0.4) is 0 Å². The molecule has 0 saturated carbocycles. The second-order valence-corrected chi connectivity index (χ2v) is 5.88. The zero-order valence-corrected chi connectivity index (χ0v) is 13.9. The van der Waals surface area contributed by atoms with E-state index in [1.54, 1.807) is 0 Å². The SMILES string of the molecule is CCN(CC)c1ccc([C@@H](CC(F)(F)F)N2CCNCC2)cc1. The third kappa shape index (κ3) is 5.11. The second kappa shape index (κ2) is 8.02. The standard InChI is InChI=1S/C17H26F3N3/c1-3-22(4-2)15-7-5-14(6-8-15)16(13-17(18,19)20)23-11-9-21-10-12-23/h5-8,16,21H,3-4,9-13H2,1-2H3/t16-/m1/s1. The molecular weight excluding hydrogens is 303 g/mol. The molecule has 0 aliphatic carbocycles. The largest absolute Gasteiger partial charge is 0.390 e. The number of piperazine rings is 1. The molecule has 23 heavy (non-hydrogen) atoms. The van der Waals surface area contributed by atoms with E-state index in [4.69, 9.17) is 0 Å². The highest BCUT2D eigenvalue weighted by Crippen LogP contribution is 2.34. The monoisotopic (exact) mass is 329 g/mol. The van der Waals surface area contributed by atoms with Gasteiger partial charge in [-0.05, 0) is 31.5 Å². The van der Waals surface area contributed by atoms with Crippen LogP contribution in [0, 0.1) is 0 Å². The van der Waals surface area contributed by atoms with Gasteiger partial charge >= 0.3 is 6.18 Å². The minimum Gasteiger partial charge on any atom is -0.372 e. The predicted molar refractivity (Wildman–Crippen MR) is 87.9 cm³/mol. The van der Waals surface area contributed by atoms with Crippen molar-refractivity contribution in [2.45, 2.75) is 32.5 Å².